The molecule has 2 aromatic carbocycles. The Labute approximate surface area is 252 Å². The Morgan fingerprint density at radius 2 is 1.33 bits per heavy atom. The molecule has 3 aliphatic rings. The standard InChI is InChI=1S/C40H47O2/c1-3-5-7-9-11-13-15-29-17-21-31-23-27-35(33(31)25-19-29)37-39(41)38(40(37)42)36-28-24-32-22-18-30(20-26-34(32)36)16-14-12-10-8-6-4-2/h17-28,33H,3-16H2,1-2H3/q+1. The van der Waals surface area contributed by atoms with Crippen LogP contribution in [0.2, 0.25) is 0 Å². The molecule has 3 aliphatic carbocycles. The van der Waals surface area contributed by atoms with Crippen LogP contribution < -0.4 is 21.3 Å². The Morgan fingerprint density at radius 3 is 2.07 bits per heavy atom. The molecule has 0 fully saturated rings. The third-order valence-corrected chi connectivity index (χ3v) is 9.22. The van der Waals surface area contributed by atoms with Gasteiger partial charge in [-0.15, -0.1) is 0 Å². The van der Waals surface area contributed by atoms with Crippen molar-refractivity contribution in [3.63, 3.8) is 0 Å². The fourth-order valence-electron chi connectivity index (χ4n) is 6.62. The highest BCUT2D eigenvalue weighted by Gasteiger charge is 2.28. The molecule has 1 unspecified atom stereocenters. The second kappa shape index (κ2) is 14.7. The van der Waals surface area contributed by atoms with Crippen LogP contribution in [-0.4, -0.2) is 0 Å². The summed E-state index contributed by atoms with van der Waals surface area (Å²) in [5, 5.41) is 0.721. The molecule has 0 radical (unpaired) electrons. The highest BCUT2D eigenvalue weighted by molar-refractivity contribution is 5.89. The quantitative estimate of drug-likeness (QED) is 0.173. The average molecular weight is 560 g/mol. The lowest BCUT2D eigenvalue weighted by atomic mass is 9.92. The fourth-order valence-corrected chi connectivity index (χ4v) is 6.62. The van der Waals surface area contributed by atoms with Gasteiger partial charge in [-0.05, 0) is 66.2 Å². The van der Waals surface area contributed by atoms with Gasteiger partial charge < -0.3 is 0 Å². The van der Waals surface area contributed by atoms with E-state index in [4.69, 9.17) is 0 Å². The lowest BCUT2D eigenvalue weighted by molar-refractivity contribution is 0.607. The Hall–Kier alpha value is -3.39. The van der Waals surface area contributed by atoms with Crippen LogP contribution >= 0.6 is 0 Å². The third kappa shape index (κ3) is 6.80. The molecule has 0 amide bonds. The van der Waals surface area contributed by atoms with E-state index in [1.165, 1.54) is 88.2 Å². The zero-order valence-corrected chi connectivity index (χ0v) is 25.7. The van der Waals surface area contributed by atoms with Gasteiger partial charge in [-0.3, -0.25) is 9.59 Å². The van der Waals surface area contributed by atoms with E-state index < -0.39 is 0 Å². The Bertz CT molecular complexity index is 1600. The first-order valence-corrected chi connectivity index (χ1v) is 16.6. The predicted octanol–water partition coefficient (Wildman–Crippen LogP) is 8.20. The van der Waals surface area contributed by atoms with Gasteiger partial charge in [-0.25, -0.2) is 0 Å². The van der Waals surface area contributed by atoms with Crippen molar-refractivity contribution in [3.05, 3.63) is 126 Å². The second-order valence-corrected chi connectivity index (χ2v) is 12.3. The lowest BCUT2D eigenvalue weighted by Crippen LogP contribution is -2.66. The van der Waals surface area contributed by atoms with Gasteiger partial charge in [0.05, 0.1) is 21.9 Å². The topological polar surface area (TPSA) is 34.1 Å². The van der Waals surface area contributed by atoms with E-state index in [0.29, 0.717) is 10.4 Å². The van der Waals surface area contributed by atoms with Crippen LogP contribution in [0.4, 0.5) is 0 Å². The van der Waals surface area contributed by atoms with Crippen LogP contribution in [0, 0.1) is 5.92 Å². The number of unbranched alkanes of at least 4 members (excludes halogenated alkanes) is 10. The smallest absolute Gasteiger partial charge is 0.230 e. The van der Waals surface area contributed by atoms with E-state index in [2.05, 4.69) is 68.5 Å². The molecular weight excluding hydrogens is 512 g/mol. The zero-order chi connectivity index (χ0) is 29.3. The largest absolute Gasteiger partial charge is 0.280 e. The molecule has 0 saturated carbocycles. The maximum atomic E-state index is 13.6. The normalized spacial score (nSPS) is 17.0. The Balaban J connectivity index is 1.33. The molecule has 5 rings (SSSR count). The second-order valence-electron chi connectivity index (χ2n) is 12.3. The highest BCUT2D eigenvalue weighted by atomic mass is 16.1. The molecule has 0 heterocycles. The highest BCUT2D eigenvalue weighted by Crippen LogP contribution is 2.34. The van der Waals surface area contributed by atoms with Crippen molar-refractivity contribution in [2.75, 3.05) is 0 Å². The summed E-state index contributed by atoms with van der Waals surface area (Å²) in [4.78, 5) is 27.1. The molecule has 42 heavy (non-hydrogen) atoms. The summed E-state index contributed by atoms with van der Waals surface area (Å²) in [6.07, 6.45) is 34.4. The van der Waals surface area contributed by atoms with Crippen LogP contribution in [0.15, 0.2) is 87.5 Å². The summed E-state index contributed by atoms with van der Waals surface area (Å²) in [5.41, 5.74) is 7.29. The maximum Gasteiger partial charge on any atom is 0.230 e. The van der Waals surface area contributed by atoms with Gasteiger partial charge in [-0.1, -0.05) is 115 Å². The van der Waals surface area contributed by atoms with Gasteiger partial charge >= 0.3 is 0 Å². The molecular formula is C40H47O2+. The average Bonchev–Trinajstić information content (AvgIpc) is 3.42. The van der Waals surface area contributed by atoms with E-state index in [0.717, 1.165) is 40.7 Å². The minimum atomic E-state index is -0.106. The number of rotatable bonds is 14. The van der Waals surface area contributed by atoms with Gasteiger partial charge in [-0.2, -0.15) is 0 Å². The monoisotopic (exact) mass is 559 g/mol. The van der Waals surface area contributed by atoms with Crippen molar-refractivity contribution in [2.24, 2.45) is 5.92 Å². The third-order valence-electron chi connectivity index (χ3n) is 9.22. The van der Waals surface area contributed by atoms with Gasteiger partial charge in [0, 0.05) is 24.1 Å². The fraction of sp³-hybridized carbons (Fsp3) is 0.425. The summed E-state index contributed by atoms with van der Waals surface area (Å²) in [5.74, 6) is -0.0218. The summed E-state index contributed by atoms with van der Waals surface area (Å²) in [6.45, 7) is 4.51. The van der Waals surface area contributed by atoms with Crippen LogP contribution in [-0.2, 0) is 6.42 Å². The number of hydrogen-bond donors (Lipinski definition) is 0. The van der Waals surface area contributed by atoms with Crippen molar-refractivity contribution in [1.29, 1.82) is 0 Å². The minimum Gasteiger partial charge on any atom is -0.280 e. The van der Waals surface area contributed by atoms with E-state index in [-0.39, 0.29) is 16.8 Å². The SMILES string of the molecule is CCCCCCCCC1=CC=C2C=CC(=c3c(=O)c(=C4C=Cc5ccc(CCCCCCCC)cc[c+]54)c3=O)C2C=C1. The van der Waals surface area contributed by atoms with E-state index in [9.17, 15) is 9.59 Å². The molecule has 0 N–H and O–H groups in total. The summed E-state index contributed by atoms with van der Waals surface area (Å²) in [6, 6.07) is 8.62. The maximum absolute atomic E-state index is 13.6. The molecule has 2 aromatic rings. The van der Waals surface area contributed by atoms with Crippen molar-refractivity contribution < 1.29 is 0 Å². The first-order chi connectivity index (χ1) is 20.6. The van der Waals surface area contributed by atoms with E-state index >= 15 is 0 Å². The molecule has 0 bridgehead atoms. The van der Waals surface area contributed by atoms with Crippen LogP contribution in [0.25, 0.3) is 17.2 Å². The van der Waals surface area contributed by atoms with Crippen molar-refractivity contribution in [3.8, 4) is 0 Å². The van der Waals surface area contributed by atoms with Crippen LogP contribution in [0.3, 0.4) is 0 Å². The van der Waals surface area contributed by atoms with Gasteiger partial charge in [0.15, 0.2) is 0 Å². The van der Waals surface area contributed by atoms with Gasteiger partial charge in [0.1, 0.15) is 5.22 Å². The molecule has 0 spiro atoms. The molecule has 1 atom stereocenters. The Kier molecular flexibility index (Phi) is 10.5. The Morgan fingerprint density at radius 1 is 0.643 bits per heavy atom. The van der Waals surface area contributed by atoms with Crippen molar-refractivity contribution in [1.82, 2.24) is 0 Å². The lowest BCUT2D eigenvalue weighted by Gasteiger charge is -2.09. The number of fused-ring (bicyclic) bond motifs is 2. The number of allylic oxidation sites excluding steroid dienone is 9. The zero-order valence-electron chi connectivity index (χ0n) is 25.7. The number of aryl methyl sites for hydroxylation is 1. The number of hydrogen-bond acceptors (Lipinski definition) is 2. The molecule has 0 aliphatic heterocycles. The van der Waals surface area contributed by atoms with E-state index in [1.54, 1.807) is 0 Å². The first kappa shape index (κ1) is 30.1. The molecule has 218 valence electrons. The van der Waals surface area contributed by atoms with Crippen LogP contribution in [0.1, 0.15) is 114 Å². The van der Waals surface area contributed by atoms with E-state index in [1.807, 2.05) is 18.2 Å². The predicted molar refractivity (Wildman–Crippen MR) is 179 cm³/mol. The van der Waals surface area contributed by atoms with Crippen molar-refractivity contribution >= 4 is 17.2 Å². The van der Waals surface area contributed by atoms with Crippen molar-refractivity contribution in [2.45, 2.75) is 104 Å². The first-order valence-electron chi connectivity index (χ1n) is 16.6. The molecule has 2 nitrogen and oxygen atoms in total. The molecule has 0 saturated heterocycles. The summed E-state index contributed by atoms with van der Waals surface area (Å²) >= 11 is 0. The van der Waals surface area contributed by atoms with Gasteiger partial charge in [0.2, 0.25) is 10.9 Å². The van der Waals surface area contributed by atoms with Crippen LogP contribution in [0.5, 0.6) is 0 Å². The summed E-state index contributed by atoms with van der Waals surface area (Å²) < 4.78 is 0. The summed E-state index contributed by atoms with van der Waals surface area (Å²) in [7, 11) is 0. The molecule has 2 heteroatoms. The minimum absolute atomic E-state index is 0.0218. The van der Waals surface area contributed by atoms with Gasteiger partial charge in [0.25, 0.3) is 0 Å². The molecule has 0 aromatic heterocycles.